The van der Waals surface area contributed by atoms with Crippen LogP contribution in [-0.4, -0.2) is 39.7 Å². The van der Waals surface area contributed by atoms with Gasteiger partial charge in [0.2, 0.25) is 0 Å². The van der Waals surface area contributed by atoms with Crippen molar-refractivity contribution in [2.24, 2.45) is 0 Å². The van der Waals surface area contributed by atoms with Crippen molar-refractivity contribution in [2.75, 3.05) is 18.0 Å². The van der Waals surface area contributed by atoms with Crippen LogP contribution in [0.2, 0.25) is 0 Å². The lowest BCUT2D eigenvalue weighted by Crippen LogP contribution is -2.42. The first-order valence-corrected chi connectivity index (χ1v) is 8.91. The van der Waals surface area contributed by atoms with Gasteiger partial charge >= 0.3 is 6.03 Å². The molecule has 0 aliphatic carbocycles. The zero-order valence-corrected chi connectivity index (χ0v) is 14.7. The molecular weight excluding hydrogens is 316 g/mol. The fraction of sp³-hybridized carbons (Fsp3) is 0.500. The number of carbonyl (C=O) groups excluding carboxylic acids is 1. The Morgan fingerprint density at radius 1 is 1.28 bits per heavy atom. The first-order chi connectivity index (χ1) is 12.2. The zero-order valence-electron chi connectivity index (χ0n) is 14.7. The number of anilines is 1. The Morgan fingerprint density at radius 2 is 2.12 bits per heavy atom. The Balaban J connectivity index is 1.42. The second-order valence-corrected chi connectivity index (χ2v) is 6.56. The second-order valence-electron chi connectivity index (χ2n) is 6.56. The number of aromatic nitrogens is 3. The van der Waals surface area contributed by atoms with E-state index in [1.165, 1.54) is 19.3 Å². The maximum absolute atomic E-state index is 12.0. The van der Waals surface area contributed by atoms with E-state index in [1.54, 1.807) is 12.5 Å². The minimum absolute atomic E-state index is 0.0220. The minimum Gasteiger partial charge on any atom is -0.357 e. The molecule has 0 radical (unpaired) electrons. The first kappa shape index (κ1) is 17.3. The smallest absolute Gasteiger partial charge is 0.315 e. The molecule has 1 atom stereocenters. The van der Waals surface area contributed by atoms with Crippen molar-refractivity contribution >= 4 is 11.8 Å². The zero-order chi connectivity index (χ0) is 17.5. The molecule has 2 N–H and O–H groups in total. The van der Waals surface area contributed by atoms with Crippen LogP contribution < -0.4 is 15.5 Å². The average molecular weight is 342 g/mol. The van der Waals surface area contributed by atoms with Crippen LogP contribution in [0.5, 0.6) is 0 Å². The first-order valence-electron chi connectivity index (χ1n) is 8.91. The van der Waals surface area contributed by atoms with Crippen LogP contribution in [0.25, 0.3) is 0 Å². The SMILES string of the molecule is CC(Cn1ccnc1)NC(=O)NCc1ccc(N2CCCCC2)nc1. The molecule has 1 unspecified atom stereocenters. The molecule has 1 aliphatic rings. The second kappa shape index (κ2) is 8.50. The van der Waals surface area contributed by atoms with Crippen molar-refractivity contribution in [3.05, 3.63) is 42.6 Å². The fourth-order valence-corrected chi connectivity index (χ4v) is 3.05. The molecule has 1 saturated heterocycles. The highest BCUT2D eigenvalue weighted by Gasteiger charge is 2.12. The number of imidazole rings is 1. The van der Waals surface area contributed by atoms with E-state index in [9.17, 15) is 4.79 Å². The highest BCUT2D eigenvalue weighted by molar-refractivity contribution is 5.74. The van der Waals surface area contributed by atoms with Crippen LogP contribution in [0.4, 0.5) is 10.6 Å². The molecule has 2 aromatic heterocycles. The van der Waals surface area contributed by atoms with E-state index in [4.69, 9.17) is 0 Å². The summed E-state index contributed by atoms with van der Waals surface area (Å²) in [5.74, 6) is 1.03. The van der Waals surface area contributed by atoms with Crippen LogP contribution in [0.1, 0.15) is 31.7 Å². The molecule has 2 amide bonds. The lowest BCUT2D eigenvalue weighted by molar-refractivity contribution is 0.236. The third-order valence-corrected chi connectivity index (χ3v) is 4.36. The maximum atomic E-state index is 12.0. The van der Waals surface area contributed by atoms with Gasteiger partial charge in [0.1, 0.15) is 5.82 Å². The third kappa shape index (κ3) is 5.20. The Bertz CT molecular complexity index is 649. The standard InChI is InChI=1S/C18H26N6O/c1-15(13-23-10-7-19-14-23)22-18(25)21-12-16-5-6-17(20-11-16)24-8-3-2-4-9-24/h5-7,10-11,14-15H,2-4,8-9,12-13H2,1H3,(H2,21,22,25). The summed E-state index contributed by atoms with van der Waals surface area (Å²) in [6, 6.07) is 3.93. The van der Waals surface area contributed by atoms with Gasteiger partial charge in [0.15, 0.2) is 0 Å². The molecule has 3 heterocycles. The van der Waals surface area contributed by atoms with Gasteiger partial charge in [-0.05, 0) is 37.8 Å². The van der Waals surface area contributed by atoms with E-state index >= 15 is 0 Å². The Kier molecular flexibility index (Phi) is 5.87. The van der Waals surface area contributed by atoms with Gasteiger partial charge in [-0.2, -0.15) is 0 Å². The van der Waals surface area contributed by atoms with Crippen molar-refractivity contribution in [1.82, 2.24) is 25.2 Å². The molecule has 0 spiro atoms. The van der Waals surface area contributed by atoms with E-state index in [0.717, 1.165) is 24.5 Å². The van der Waals surface area contributed by atoms with E-state index in [-0.39, 0.29) is 12.1 Å². The lowest BCUT2D eigenvalue weighted by Gasteiger charge is -2.27. The quantitative estimate of drug-likeness (QED) is 0.843. The summed E-state index contributed by atoms with van der Waals surface area (Å²) in [6.07, 6.45) is 11.0. The molecule has 0 aromatic carbocycles. The Hall–Kier alpha value is -2.57. The monoisotopic (exact) mass is 342 g/mol. The highest BCUT2D eigenvalue weighted by Crippen LogP contribution is 2.17. The fourth-order valence-electron chi connectivity index (χ4n) is 3.05. The number of hydrogen-bond donors (Lipinski definition) is 2. The van der Waals surface area contributed by atoms with Crippen LogP contribution in [0, 0.1) is 0 Å². The summed E-state index contributed by atoms with van der Waals surface area (Å²) in [4.78, 5) is 22.8. The van der Waals surface area contributed by atoms with Crippen molar-refractivity contribution in [1.29, 1.82) is 0 Å². The van der Waals surface area contributed by atoms with Crippen molar-refractivity contribution in [3.8, 4) is 0 Å². The summed E-state index contributed by atoms with van der Waals surface area (Å²) >= 11 is 0. The third-order valence-electron chi connectivity index (χ3n) is 4.36. The molecule has 134 valence electrons. The lowest BCUT2D eigenvalue weighted by atomic mass is 10.1. The summed E-state index contributed by atoms with van der Waals surface area (Å²) in [7, 11) is 0. The van der Waals surface area contributed by atoms with Crippen molar-refractivity contribution < 1.29 is 4.79 Å². The molecule has 1 aliphatic heterocycles. The van der Waals surface area contributed by atoms with Crippen LogP contribution in [0.3, 0.4) is 0 Å². The normalized spacial score (nSPS) is 15.6. The van der Waals surface area contributed by atoms with Gasteiger partial charge in [0.05, 0.1) is 6.33 Å². The number of rotatable bonds is 6. The number of urea groups is 1. The number of piperidine rings is 1. The molecule has 3 rings (SSSR count). The maximum Gasteiger partial charge on any atom is 0.315 e. The number of carbonyl (C=O) groups is 1. The van der Waals surface area contributed by atoms with Gasteiger partial charge in [-0.1, -0.05) is 6.07 Å². The van der Waals surface area contributed by atoms with Gasteiger partial charge in [-0.3, -0.25) is 0 Å². The number of amides is 2. The minimum atomic E-state index is -0.173. The molecule has 25 heavy (non-hydrogen) atoms. The summed E-state index contributed by atoms with van der Waals surface area (Å²) in [6.45, 7) is 5.30. The molecule has 2 aromatic rings. The van der Waals surface area contributed by atoms with Gasteiger partial charge < -0.3 is 20.1 Å². The van der Waals surface area contributed by atoms with Crippen molar-refractivity contribution in [3.63, 3.8) is 0 Å². The number of pyridine rings is 1. The topological polar surface area (TPSA) is 75.1 Å². The van der Waals surface area contributed by atoms with Crippen LogP contribution in [-0.2, 0) is 13.1 Å². The van der Waals surface area contributed by atoms with Gasteiger partial charge in [0.25, 0.3) is 0 Å². The number of nitrogens with one attached hydrogen (secondary N) is 2. The van der Waals surface area contributed by atoms with Crippen LogP contribution >= 0.6 is 0 Å². The number of nitrogens with zero attached hydrogens (tertiary/aromatic N) is 4. The Morgan fingerprint density at radius 3 is 2.80 bits per heavy atom. The van der Waals surface area contributed by atoms with E-state index in [0.29, 0.717) is 13.1 Å². The van der Waals surface area contributed by atoms with E-state index in [1.807, 2.05) is 36.0 Å². The molecule has 0 bridgehead atoms. The van der Waals surface area contributed by atoms with E-state index in [2.05, 4.69) is 25.5 Å². The van der Waals surface area contributed by atoms with Gasteiger partial charge in [-0.25, -0.2) is 14.8 Å². The predicted octanol–water partition coefficient (Wildman–Crippen LogP) is 2.16. The molecular formula is C18H26N6O. The summed E-state index contributed by atoms with van der Waals surface area (Å²) in [5, 5.41) is 5.80. The van der Waals surface area contributed by atoms with Gasteiger partial charge in [0, 0.05) is 50.8 Å². The summed E-state index contributed by atoms with van der Waals surface area (Å²) in [5.41, 5.74) is 0.998. The van der Waals surface area contributed by atoms with Crippen LogP contribution in [0.15, 0.2) is 37.1 Å². The Labute approximate surface area is 148 Å². The largest absolute Gasteiger partial charge is 0.357 e. The number of hydrogen-bond acceptors (Lipinski definition) is 4. The molecule has 1 fully saturated rings. The predicted molar refractivity (Wildman–Crippen MR) is 97.4 cm³/mol. The molecule has 0 saturated carbocycles. The molecule has 7 nitrogen and oxygen atoms in total. The molecule has 7 heteroatoms. The van der Waals surface area contributed by atoms with E-state index < -0.39 is 0 Å². The highest BCUT2D eigenvalue weighted by atomic mass is 16.2. The van der Waals surface area contributed by atoms with Gasteiger partial charge in [-0.15, -0.1) is 0 Å². The van der Waals surface area contributed by atoms with Crippen molar-refractivity contribution in [2.45, 2.75) is 45.3 Å². The summed E-state index contributed by atoms with van der Waals surface area (Å²) < 4.78 is 1.94. The average Bonchev–Trinajstić information content (AvgIpc) is 3.14.